The van der Waals surface area contributed by atoms with Crippen molar-refractivity contribution in [2.24, 2.45) is 11.7 Å². The summed E-state index contributed by atoms with van der Waals surface area (Å²) >= 11 is 0. The lowest BCUT2D eigenvalue weighted by molar-refractivity contribution is 0.0822. The summed E-state index contributed by atoms with van der Waals surface area (Å²) in [6, 6.07) is 9.15. The SMILES string of the molecule is COc1ccccc1C(C)N1CCC(C)CC1CN. The molecule has 1 aromatic rings. The fourth-order valence-electron chi connectivity index (χ4n) is 3.20. The van der Waals surface area contributed by atoms with Gasteiger partial charge in [0.1, 0.15) is 5.75 Å². The minimum atomic E-state index is 0.359. The number of benzene rings is 1. The minimum Gasteiger partial charge on any atom is -0.496 e. The Hall–Kier alpha value is -1.06. The van der Waals surface area contributed by atoms with Crippen molar-refractivity contribution in [2.45, 2.75) is 38.8 Å². The first-order valence-corrected chi connectivity index (χ1v) is 7.26. The third-order valence-electron chi connectivity index (χ3n) is 4.38. The lowest BCUT2D eigenvalue weighted by Crippen LogP contribution is -2.47. The second-order valence-corrected chi connectivity index (χ2v) is 5.67. The molecule has 0 aromatic heterocycles. The molecule has 3 unspecified atom stereocenters. The van der Waals surface area contributed by atoms with Crippen LogP contribution in [0.4, 0.5) is 0 Å². The van der Waals surface area contributed by atoms with Gasteiger partial charge in [0.15, 0.2) is 0 Å². The molecule has 0 bridgehead atoms. The van der Waals surface area contributed by atoms with E-state index in [-0.39, 0.29) is 0 Å². The van der Waals surface area contributed by atoms with Gasteiger partial charge in [0.25, 0.3) is 0 Å². The molecule has 19 heavy (non-hydrogen) atoms. The highest BCUT2D eigenvalue weighted by Gasteiger charge is 2.30. The van der Waals surface area contributed by atoms with Gasteiger partial charge in [-0.15, -0.1) is 0 Å². The molecule has 0 radical (unpaired) electrons. The van der Waals surface area contributed by atoms with Gasteiger partial charge in [-0.3, -0.25) is 4.90 Å². The van der Waals surface area contributed by atoms with Crippen LogP contribution in [0.15, 0.2) is 24.3 Å². The van der Waals surface area contributed by atoms with E-state index in [4.69, 9.17) is 10.5 Å². The van der Waals surface area contributed by atoms with E-state index in [2.05, 4.69) is 30.9 Å². The topological polar surface area (TPSA) is 38.5 Å². The lowest BCUT2D eigenvalue weighted by Gasteiger charge is -2.42. The molecule has 0 amide bonds. The van der Waals surface area contributed by atoms with Gasteiger partial charge in [0.05, 0.1) is 7.11 Å². The zero-order valence-electron chi connectivity index (χ0n) is 12.3. The van der Waals surface area contributed by atoms with Crippen LogP contribution < -0.4 is 10.5 Å². The standard InChI is InChI=1S/C16H26N2O/c1-12-8-9-18(14(10-12)11-17)13(2)15-6-4-5-7-16(15)19-3/h4-7,12-14H,8-11,17H2,1-3H3. The molecule has 2 rings (SSSR count). The van der Waals surface area contributed by atoms with Crippen LogP contribution in [-0.2, 0) is 0 Å². The number of rotatable bonds is 4. The Bertz CT molecular complexity index is 407. The van der Waals surface area contributed by atoms with Crippen LogP contribution in [0, 0.1) is 5.92 Å². The molecule has 1 saturated heterocycles. The van der Waals surface area contributed by atoms with Crippen LogP contribution in [0.2, 0.25) is 0 Å². The Balaban J connectivity index is 2.20. The fourth-order valence-corrected chi connectivity index (χ4v) is 3.20. The van der Waals surface area contributed by atoms with Crippen molar-refractivity contribution in [3.63, 3.8) is 0 Å². The lowest BCUT2D eigenvalue weighted by atomic mass is 9.90. The van der Waals surface area contributed by atoms with Crippen LogP contribution >= 0.6 is 0 Å². The number of ether oxygens (including phenoxy) is 1. The Morgan fingerprint density at radius 3 is 2.84 bits per heavy atom. The van der Waals surface area contributed by atoms with Gasteiger partial charge < -0.3 is 10.5 Å². The van der Waals surface area contributed by atoms with E-state index in [0.717, 1.165) is 24.8 Å². The molecule has 106 valence electrons. The zero-order chi connectivity index (χ0) is 13.8. The number of nitrogens with two attached hydrogens (primary N) is 1. The molecule has 1 aromatic carbocycles. The van der Waals surface area contributed by atoms with Crippen LogP contribution in [0.3, 0.4) is 0 Å². The normalized spacial score (nSPS) is 26.1. The fraction of sp³-hybridized carbons (Fsp3) is 0.625. The maximum Gasteiger partial charge on any atom is 0.123 e. The predicted molar refractivity (Wildman–Crippen MR) is 79.4 cm³/mol. The summed E-state index contributed by atoms with van der Waals surface area (Å²) in [6.07, 6.45) is 2.46. The molecule has 0 saturated carbocycles. The molecule has 0 spiro atoms. The van der Waals surface area contributed by atoms with Crippen molar-refractivity contribution in [1.82, 2.24) is 4.90 Å². The summed E-state index contributed by atoms with van der Waals surface area (Å²) in [5.41, 5.74) is 7.23. The summed E-state index contributed by atoms with van der Waals surface area (Å²) in [7, 11) is 1.74. The summed E-state index contributed by atoms with van der Waals surface area (Å²) in [5.74, 6) is 1.76. The summed E-state index contributed by atoms with van der Waals surface area (Å²) < 4.78 is 5.49. The molecular weight excluding hydrogens is 236 g/mol. The average Bonchev–Trinajstić information content (AvgIpc) is 2.46. The van der Waals surface area contributed by atoms with Gasteiger partial charge in [-0.05, 0) is 38.3 Å². The number of para-hydroxylation sites is 1. The molecule has 3 nitrogen and oxygen atoms in total. The van der Waals surface area contributed by atoms with Gasteiger partial charge in [0.2, 0.25) is 0 Å². The Labute approximate surface area is 116 Å². The molecule has 0 aliphatic carbocycles. The highest BCUT2D eigenvalue weighted by atomic mass is 16.5. The monoisotopic (exact) mass is 262 g/mol. The van der Waals surface area contributed by atoms with Crippen LogP contribution in [0.5, 0.6) is 5.75 Å². The Morgan fingerprint density at radius 1 is 1.42 bits per heavy atom. The largest absolute Gasteiger partial charge is 0.496 e. The highest BCUT2D eigenvalue weighted by molar-refractivity contribution is 5.35. The van der Waals surface area contributed by atoms with Crippen LogP contribution in [0.1, 0.15) is 38.3 Å². The van der Waals surface area contributed by atoms with Crippen LogP contribution in [0.25, 0.3) is 0 Å². The molecule has 1 aliphatic heterocycles. The molecule has 2 N–H and O–H groups in total. The van der Waals surface area contributed by atoms with Crippen molar-refractivity contribution in [3.05, 3.63) is 29.8 Å². The van der Waals surface area contributed by atoms with E-state index < -0.39 is 0 Å². The van der Waals surface area contributed by atoms with E-state index in [0.29, 0.717) is 12.1 Å². The first-order chi connectivity index (χ1) is 9.17. The molecular formula is C16H26N2O. The van der Waals surface area contributed by atoms with Crippen molar-refractivity contribution in [1.29, 1.82) is 0 Å². The number of hydrogen-bond acceptors (Lipinski definition) is 3. The van der Waals surface area contributed by atoms with Crippen molar-refractivity contribution < 1.29 is 4.74 Å². The van der Waals surface area contributed by atoms with Crippen LogP contribution in [-0.4, -0.2) is 31.1 Å². The molecule has 1 aliphatic rings. The third-order valence-corrected chi connectivity index (χ3v) is 4.38. The van der Waals surface area contributed by atoms with E-state index in [1.807, 2.05) is 12.1 Å². The molecule has 3 atom stereocenters. The summed E-state index contributed by atoms with van der Waals surface area (Å²) in [4.78, 5) is 2.54. The number of likely N-dealkylation sites (tertiary alicyclic amines) is 1. The molecule has 3 heteroatoms. The number of hydrogen-bond donors (Lipinski definition) is 1. The average molecular weight is 262 g/mol. The predicted octanol–water partition coefficient (Wildman–Crippen LogP) is 2.82. The van der Waals surface area contributed by atoms with E-state index in [1.165, 1.54) is 18.4 Å². The maximum absolute atomic E-state index is 5.97. The quantitative estimate of drug-likeness (QED) is 0.907. The summed E-state index contributed by atoms with van der Waals surface area (Å²) in [6.45, 7) is 6.45. The maximum atomic E-state index is 5.97. The molecule has 1 heterocycles. The van der Waals surface area contributed by atoms with Gasteiger partial charge in [-0.2, -0.15) is 0 Å². The van der Waals surface area contributed by atoms with Gasteiger partial charge >= 0.3 is 0 Å². The summed E-state index contributed by atoms with van der Waals surface area (Å²) in [5, 5.41) is 0. The second kappa shape index (κ2) is 6.40. The van der Waals surface area contributed by atoms with E-state index in [9.17, 15) is 0 Å². The van der Waals surface area contributed by atoms with Crippen molar-refractivity contribution >= 4 is 0 Å². The number of piperidine rings is 1. The smallest absolute Gasteiger partial charge is 0.123 e. The van der Waals surface area contributed by atoms with Crippen molar-refractivity contribution in [2.75, 3.05) is 20.2 Å². The molecule has 1 fully saturated rings. The Kier molecular flexibility index (Phi) is 4.83. The highest BCUT2D eigenvalue weighted by Crippen LogP contribution is 2.34. The van der Waals surface area contributed by atoms with Gasteiger partial charge in [0, 0.05) is 24.2 Å². The number of nitrogens with zero attached hydrogens (tertiary/aromatic N) is 1. The Morgan fingerprint density at radius 2 is 2.16 bits per heavy atom. The zero-order valence-corrected chi connectivity index (χ0v) is 12.3. The van der Waals surface area contributed by atoms with E-state index in [1.54, 1.807) is 7.11 Å². The second-order valence-electron chi connectivity index (χ2n) is 5.67. The first-order valence-electron chi connectivity index (χ1n) is 7.26. The van der Waals surface area contributed by atoms with Gasteiger partial charge in [-0.1, -0.05) is 25.1 Å². The van der Waals surface area contributed by atoms with Gasteiger partial charge in [-0.25, -0.2) is 0 Å². The third kappa shape index (κ3) is 3.10. The minimum absolute atomic E-state index is 0.359. The number of methoxy groups -OCH3 is 1. The van der Waals surface area contributed by atoms with E-state index >= 15 is 0 Å². The van der Waals surface area contributed by atoms with Crippen molar-refractivity contribution in [3.8, 4) is 5.75 Å². The first kappa shape index (κ1) is 14.4.